The Bertz CT molecular complexity index is 1250. The number of aliphatic imine (C=N–C) groups is 2. The molecule has 6 heteroatoms. The molecule has 1 amide bonds. The van der Waals surface area contributed by atoms with Crippen LogP contribution in [0.15, 0.2) is 70.6 Å². The van der Waals surface area contributed by atoms with Gasteiger partial charge in [-0.05, 0) is 61.2 Å². The zero-order chi connectivity index (χ0) is 23.4. The minimum absolute atomic E-state index is 0.0546. The van der Waals surface area contributed by atoms with Crippen LogP contribution in [0, 0.1) is 20.8 Å². The SMILES string of the molecule is Cc1ccc(C2=Nc3cc(C)c(C)cc3N=C(SCC(=O)NCc3ccccc3Cl)C2)cc1. The van der Waals surface area contributed by atoms with Gasteiger partial charge in [-0.3, -0.25) is 9.79 Å². The van der Waals surface area contributed by atoms with E-state index in [9.17, 15) is 4.79 Å². The number of carbonyl (C=O) groups is 1. The Kier molecular flexibility index (Phi) is 7.31. The second kappa shape index (κ2) is 10.4. The number of thioether (sulfide) groups is 1. The average molecular weight is 476 g/mol. The second-order valence-electron chi connectivity index (χ2n) is 8.19. The van der Waals surface area contributed by atoms with Crippen molar-refractivity contribution in [2.24, 2.45) is 9.98 Å². The van der Waals surface area contributed by atoms with Gasteiger partial charge in [0.1, 0.15) is 0 Å². The van der Waals surface area contributed by atoms with Crippen LogP contribution in [0.2, 0.25) is 5.02 Å². The van der Waals surface area contributed by atoms with Gasteiger partial charge >= 0.3 is 0 Å². The average Bonchev–Trinajstić information content (AvgIpc) is 2.97. The summed E-state index contributed by atoms with van der Waals surface area (Å²) in [6, 6.07) is 20.1. The van der Waals surface area contributed by atoms with Crippen molar-refractivity contribution in [2.45, 2.75) is 33.7 Å². The summed E-state index contributed by atoms with van der Waals surface area (Å²) in [5, 5.41) is 4.48. The molecule has 4 nitrogen and oxygen atoms in total. The van der Waals surface area contributed by atoms with Gasteiger partial charge < -0.3 is 5.32 Å². The predicted molar refractivity (Wildman–Crippen MR) is 141 cm³/mol. The molecule has 168 valence electrons. The van der Waals surface area contributed by atoms with E-state index in [1.54, 1.807) is 0 Å². The van der Waals surface area contributed by atoms with Crippen molar-refractivity contribution >= 4 is 51.4 Å². The van der Waals surface area contributed by atoms with Gasteiger partial charge in [-0.2, -0.15) is 0 Å². The summed E-state index contributed by atoms with van der Waals surface area (Å²) in [6.45, 7) is 6.65. The number of nitrogens with zero attached hydrogens (tertiary/aromatic N) is 2. The summed E-state index contributed by atoms with van der Waals surface area (Å²) < 4.78 is 0. The van der Waals surface area contributed by atoms with Crippen molar-refractivity contribution in [2.75, 3.05) is 5.75 Å². The number of hydrogen-bond donors (Lipinski definition) is 1. The monoisotopic (exact) mass is 475 g/mol. The van der Waals surface area contributed by atoms with E-state index in [0.717, 1.165) is 33.3 Å². The summed E-state index contributed by atoms with van der Waals surface area (Å²) >= 11 is 7.65. The Balaban J connectivity index is 1.53. The fourth-order valence-corrected chi connectivity index (χ4v) is 4.50. The minimum atomic E-state index is -0.0546. The van der Waals surface area contributed by atoms with E-state index in [4.69, 9.17) is 21.6 Å². The first-order chi connectivity index (χ1) is 15.9. The van der Waals surface area contributed by atoms with Crippen molar-refractivity contribution in [3.05, 3.63) is 93.5 Å². The third kappa shape index (κ3) is 5.92. The van der Waals surface area contributed by atoms with Gasteiger partial charge in [-0.15, -0.1) is 11.8 Å². The van der Waals surface area contributed by atoms with E-state index in [-0.39, 0.29) is 11.7 Å². The minimum Gasteiger partial charge on any atom is -0.351 e. The molecule has 0 aromatic heterocycles. The van der Waals surface area contributed by atoms with Gasteiger partial charge in [-0.1, -0.05) is 59.6 Å². The fourth-order valence-electron chi connectivity index (χ4n) is 3.50. The second-order valence-corrected chi connectivity index (χ2v) is 9.64. The lowest BCUT2D eigenvalue weighted by molar-refractivity contribution is -0.118. The van der Waals surface area contributed by atoms with Crippen molar-refractivity contribution in [1.82, 2.24) is 5.32 Å². The molecule has 0 spiro atoms. The normalized spacial score (nSPS) is 13.0. The fraction of sp³-hybridized carbons (Fsp3) is 0.222. The van der Waals surface area contributed by atoms with E-state index in [1.807, 2.05) is 24.3 Å². The standard InChI is InChI=1S/C27H26ClN3OS/c1-17-8-10-20(11-9-17)23-14-27(31-25-13-19(3)18(2)12-24(25)30-23)33-16-26(32)29-15-21-6-4-5-7-22(21)28/h4-13H,14-16H2,1-3H3,(H,29,32). The maximum absolute atomic E-state index is 12.5. The van der Waals surface area contributed by atoms with Gasteiger partial charge in [0.15, 0.2) is 0 Å². The molecule has 0 aliphatic carbocycles. The maximum atomic E-state index is 12.5. The lowest BCUT2D eigenvalue weighted by atomic mass is 10.1. The number of halogens is 1. The smallest absolute Gasteiger partial charge is 0.230 e. The Labute approximate surface area is 204 Å². The summed E-state index contributed by atoms with van der Waals surface area (Å²) in [6.07, 6.45) is 0.582. The lowest BCUT2D eigenvalue weighted by Gasteiger charge is -2.09. The maximum Gasteiger partial charge on any atom is 0.230 e. The highest BCUT2D eigenvalue weighted by Gasteiger charge is 2.17. The van der Waals surface area contributed by atoms with E-state index < -0.39 is 0 Å². The van der Waals surface area contributed by atoms with Crippen molar-refractivity contribution < 1.29 is 4.79 Å². The molecule has 1 aliphatic rings. The van der Waals surface area contributed by atoms with Crippen LogP contribution in [0.1, 0.15) is 34.2 Å². The first-order valence-electron chi connectivity index (χ1n) is 10.9. The molecule has 0 saturated carbocycles. The third-order valence-corrected chi connectivity index (χ3v) is 6.94. The van der Waals surface area contributed by atoms with Crippen LogP contribution in [-0.2, 0) is 11.3 Å². The Morgan fingerprint density at radius 1 is 0.970 bits per heavy atom. The number of benzene rings is 3. The number of rotatable bonds is 5. The van der Waals surface area contributed by atoms with Crippen LogP contribution in [0.3, 0.4) is 0 Å². The van der Waals surface area contributed by atoms with Crippen LogP contribution >= 0.6 is 23.4 Å². The molecule has 0 unspecified atom stereocenters. The van der Waals surface area contributed by atoms with E-state index in [0.29, 0.717) is 18.0 Å². The molecule has 3 aromatic carbocycles. The Morgan fingerprint density at radius 2 is 1.64 bits per heavy atom. The Morgan fingerprint density at radius 3 is 2.33 bits per heavy atom. The first-order valence-corrected chi connectivity index (χ1v) is 12.2. The molecule has 0 fully saturated rings. The van der Waals surface area contributed by atoms with Gasteiger partial charge in [-0.25, -0.2) is 4.99 Å². The number of nitrogens with one attached hydrogen (secondary N) is 1. The number of hydrogen-bond acceptors (Lipinski definition) is 4. The molecular formula is C27H26ClN3OS. The summed E-state index contributed by atoms with van der Waals surface area (Å²) in [5.41, 5.74) is 8.21. The van der Waals surface area contributed by atoms with Crippen LogP contribution in [-0.4, -0.2) is 22.4 Å². The number of amides is 1. The molecule has 1 N–H and O–H groups in total. The van der Waals surface area contributed by atoms with Crippen LogP contribution < -0.4 is 5.32 Å². The highest BCUT2D eigenvalue weighted by atomic mass is 35.5. The van der Waals surface area contributed by atoms with E-state index >= 15 is 0 Å². The number of carbonyl (C=O) groups excluding carboxylic acids is 1. The molecule has 0 bridgehead atoms. The van der Waals surface area contributed by atoms with E-state index in [1.165, 1.54) is 28.5 Å². The van der Waals surface area contributed by atoms with Crippen molar-refractivity contribution in [3.8, 4) is 0 Å². The molecule has 1 heterocycles. The first kappa shape index (κ1) is 23.3. The van der Waals surface area contributed by atoms with Crippen LogP contribution in [0.5, 0.6) is 0 Å². The third-order valence-electron chi connectivity index (χ3n) is 5.60. The molecular weight excluding hydrogens is 450 g/mol. The zero-order valence-electron chi connectivity index (χ0n) is 19.0. The van der Waals surface area contributed by atoms with Crippen LogP contribution in [0.4, 0.5) is 11.4 Å². The zero-order valence-corrected chi connectivity index (χ0v) is 20.6. The molecule has 0 radical (unpaired) electrons. The van der Waals surface area contributed by atoms with Gasteiger partial charge in [0.25, 0.3) is 0 Å². The largest absolute Gasteiger partial charge is 0.351 e. The number of fused-ring (bicyclic) bond motifs is 1. The molecule has 1 aliphatic heterocycles. The summed E-state index contributed by atoms with van der Waals surface area (Å²) in [4.78, 5) is 22.4. The highest BCUT2D eigenvalue weighted by molar-refractivity contribution is 8.14. The van der Waals surface area contributed by atoms with Crippen LogP contribution in [0.25, 0.3) is 0 Å². The molecule has 4 rings (SSSR count). The predicted octanol–water partition coefficient (Wildman–Crippen LogP) is 6.87. The molecule has 0 saturated heterocycles. The van der Waals surface area contributed by atoms with Gasteiger partial charge in [0.05, 0.1) is 27.9 Å². The highest BCUT2D eigenvalue weighted by Crippen LogP contribution is 2.36. The lowest BCUT2D eigenvalue weighted by Crippen LogP contribution is -2.25. The van der Waals surface area contributed by atoms with E-state index in [2.05, 4.69) is 62.5 Å². The molecule has 0 atom stereocenters. The summed E-state index contributed by atoms with van der Waals surface area (Å²) in [5.74, 6) is 0.228. The number of aryl methyl sites for hydroxylation is 3. The topological polar surface area (TPSA) is 53.8 Å². The quantitative estimate of drug-likeness (QED) is 0.437. The van der Waals surface area contributed by atoms with Gasteiger partial charge in [0.2, 0.25) is 5.91 Å². The molecule has 33 heavy (non-hydrogen) atoms. The van der Waals surface area contributed by atoms with Crippen molar-refractivity contribution in [3.63, 3.8) is 0 Å². The van der Waals surface area contributed by atoms with Gasteiger partial charge in [0, 0.05) is 18.0 Å². The molecule has 3 aromatic rings. The Hall–Kier alpha value is -2.89. The van der Waals surface area contributed by atoms with Crippen molar-refractivity contribution in [1.29, 1.82) is 0 Å². The summed E-state index contributed by atoms with van der Waals surface area (Å²) in [7, 11) is 0.